The molecule has 138 heavy (non-hydrogen) atoms. The molecule has 0 bridgehead atoms. The van der Waals surface area contributed by atoms with Gasteiger partial charge in [-0.1, -0.05) is 316 Å². The topological polar surface area (TPSA) is 32.4 Å². The average molecular weight is 1830 g/mol. The van der Waals surface area contributed by atoms with Gasteiger partial charge in [0, 0.05) is 120 Å². The van der Waals surface area contributed by atoms with Gasteiger partial charge in [-0.25, -0.2) is 0 Å². The average Bonchev–Trinajstić information content (AvgIpc) is 1.51. The number of hydrogen-bond acceptors (Lipinski definition) is 10. The van der Waals surface area contributed by atoms with Crippen LogP contribution >= 0.6 is 0 Å². The van der Waals surface area contributed by atoms with Crippen LogP contribution in [0.4, 0.5) is 56.9 Å². The molecule has 10 aliphatic heterocycles. The molecule has 26 rings (SSSR count). The van der Waals surface area contributed by atoms with Crippen molar-refractivity contribution in [3.8, 4) is 0 Å². The van der Waals surface area contributed by atoms with Gasteiger partial charge in [-0.2, -0.15) is 0 Å². The number of aryl methyl sites for hydroxylation is 5. The van der Waals surface area contributed by atoms with E-state index in [1.54, 1.807) is 5.56 Å². The summed E-state index contributed by atoms with van der Waals surface area (Å²) >= 11 is 0. The molecular weight excluding hydrogens is 1680 g/mol. The number of anilines is 10. The molecule has 10 nitrogen and oxygen atoms in total. The van der Waals surface area contributed by atoms with Crippen molar-refractivity contribution in [1.29, 1.82) is 0 Å². The van der Waals surface area contributed by atoms with Crippen molar-refractivity contribution in [3.05, 3.63) is 391 Å². The van der Waals surface area contributed by atoms with E-state index in [1.165, 1.54) is 260 Å². The fraction of sp³-hybridized carbons (Fsp3) is 0.406. The Morgan fingerprint density at radius 2 is 0.493 bits per heavy atom. The van der Waals surface area contributed by atoms with E-state index >= 15 is 0 Å². The van der Waals surface area contributed by atoms with Crippen molar-refractivity contribution < 1.29 is 8.22 Å². The normalized spacial score (nSPS) is 26.6. The second-order valence-corrected chi connectivity index (χ2v) is 43.1. The molecule has 0 radical (unpaired) electrons. The second-order valence-electron chi connectivity index (χ2n) is 43.1. The van der Waals surface area contributed by atoms with Crippen molar-refractivity contribution in [2.24, 2.45) is 29.6 Å². The van der Waals surface area contributed by atoms with Crippen LogP contribution in [0.15, 0.2) is 330 Å². The highest BCUT2D eigenvalue weighted by molar-refractivity contribution is 5.84. The van der Waals surface area contributed by atoms with Crippen molar-refractivity contribution in [2.75, 3.05) is 82.2 Å². The first kappa shape index (κ1) is 84.2. The first-order valence-electron chi connectivity index (χ1n) is 56.2. The summed E-state index contributed by atoms with van der Waals surface area (Å²) in [6.07, 6.45) is 31.7. The van der Waals surface area contributed by atoms with Crippen molar-refractivity contribution >= 4 is 56.9 Å². The predicted molar refractivity (Wildman–Crippen MR) is 581 cm³/mol. The summed E-state index contributed by atoms with van der Waals surface area (Å²) in [5, 5.41) is 0. The number of rotatable bonds is 11. The molecule has 5 saturated carbocycles. The van der Waals surface area contributed by atoms with Gasteiger partial charge < -0.3 is 49.0 Å². The number of hydrogen-bond donors (Lipinski definition) is 0. The highest BCUT2D eigenvalue weighted by Crippen LogP contribution is 2.68. The zero-order chi connectivity index (χ0) is 99.7. The summed E-state index contributed by atoms with van der Waals surface area (Å²) in [5.41, 5.74) is 38.0. The van der Waals surface area contributed by atoms with Crippen LogP contribution in [-0.4, -0.2) is 33.2 Å². The third-order valence-corrected chi connectivity index (χ3v) is 35.2. The molecule has 8 unspecified atom stereocenters. The minimum atomic E-state index is -0.752. The van der Waals surface area contributed by atoms with E-state index in [0.29, 0.717) is 29.6 Å². The summed E-state index contributed by atoms with van der Waals surface area (Å²) in [7, 11) is 0. The molecular formula is C128H148N10. The maximum Gasteiger partial charge on any atom is 0.0995 e. The fourth-order valence-electron chi connectivity index (χ4n) is 28.9. The van der Waals surface area contributed by atoms with Crippen LogP contribution in [0.2, 0.25) is 0 Å². The Balaban J connectivity index is 0.000000103. The smallest absolute Gasteiger partial charge is 0.0995 e. The monoisotopic (exact) mass is 1830 g/mol. The molecule has 5 aliphatic carbocycles. The van der Waals surface area contributed by atoms with E-state index in [2.05, 4.69) is 394 Å². The lowest BCUT2D eigenvalue weighted by atomic mass is 9.55. The quantitative estimate of drug-likeness (QED) is 0.125. The predicted octanol–water partition coefficient (Wildman–Crippen LogP) is 32.3. The maximum atomic E-state index is 9.80. The zero-order valence-corrected chi connectivity index (χ0v) is 84.2. The maximum absolute atomic E-state index is 9.80. The van der Waals surface area contributed by atoms with E-state index in [4.69, 9.17) is 4.11 Å². The molecule has 0 aromatic heterocycles. The van der Waals surface area contributed by atoms with Crippen LogP contribution in [-0.2, 0) is 21.7 Å². The van der Waals surface area contributed by atoms with Crippen molar-refractivity contribution in [2.45, 2.75) is 272 Å². The van der Waals surface area contributed by atoms with Gasteiger partial charge in [-0.15, -0.1) is 0 Å². The third kappa shape index (κ3) is 14.9. The molecule has 5 fully saturated rings. The molecule has 0 N–H and O–H groups in total. The van der Waals surface area contributed by atoms with Crippen LogP contribution in [0.5, 0.6) is 0 Å². The Kier molecular flexibility index (Phi) is 22.8. The largest absolute Gasteiger partial charge is 0.325 e. The molecule has 11 aromatic rings. The van der Waals surface area contributed by atoms with Gasteiger partial charge in [-0.3, -0.25) is 0 Å². The van der Waals surface area contributed by atoms with Crippen LogP contribution in [0.3, 0.4) is 0 Å². The Morgan fingerprint density at radius 1 is 0.232 bits per heavy atom. The number of para-hydroxylation sites is 10. The Labute approximate surface area is 834 Å². The van der Waals surface area contributed by atoms with Crippen LogP contribution in [0.1, 0.15) is 285 Å². The SMILES string of the molecule is [2H]C1N(c2ccccc2C)C(C)=C2N1c1ccccc1C2(C)C.[2H]C1N(c2ccccc2C)C(C)=C2N1c1ccccc1C2(C)c1ccccc1.[2H]C1N(c2ccccc2C)C(C)=C2N1c1ccccc1C2(C1CCCCC1)C1CCCC1.[2H]C1N(c2ccccc2C)C(C)=C2N1c1ccccc1C2(C1CCCCC1)C1CCCCC1.[2H]C1N(c2ccccc2C)C(C)=C2N1c1ccccc1C2([2H])C1CCCCC1. The van der Waals surface area contributed by atoms with Gasteiger partial charge in [0.25, 0.3) is 0 Å². The molecule has 0 saturated heterocycles. The van der Waals surface area contributed by atoms with Gasteiger partial charge in [0.1, 0.15) is 0 Å². The van der Waals surface area contributed by atoms with E-state index in [9.17, 15) is 4.11 Å². The van der Waals surface area contributed by atoms with E-state index in [0.717, 1.165) is 63.9 Å². The lowest BCUT2D eigenvalue weighted by Crippen LogP contribution is -2.45. The highest BCUT2D eigenvalue weighted by Gasteiger charge is 2.62. The van der Waals surface area contributed by atoms with Gasteiger partial charge in [0.05, 0.1) is 62.6 Å². The van der Waals surface area contributed by atoms with E-state index < -0.39 is 39.1 Å². The van der Waals surface area contributed by atoms with E-state index in [-0.39, 0.29) is 21.7 Å². The van der Waals surface area contributed by atoms with Crippen LogP contribution < -0.4 is 49.0 Å². The highest BCUT2D eigenvalue weighted by atomic mass is 15.4. The summed E-state index contributed by atoms with van der Waals surface area (Å²) < 4.78 is 56.0. The Bertz CT molecular complexity index is 6830. The summed E-state index contributed by atoms with van der Waals surface area (Å²) in [5.74, 6) is 2.34. The first-order valence-corrected chi connectivity index (χ1v) is 52.8. The minimum Gasteiger partial charge on any atom is -0.325 e. The third-order valence-electron chi connectivity index (χ3n) is 35.2. The van der Waals surface area contributed by atoms with Crippen molar-refractivity contribution in [1.82, 2.24) is 0 Å². The molecule has 15 aliphatic rings. The van der Waals surface area contributed by atoms with Crippen LogP contribution in [0, 0.1) is 64.2 Å². The summed E-state index contributed by atoms with van der Waals surface area (Å²) in [4.78, 5) is 22.5. The Hall–Kier alpha value is -11.9. The minimum absolute atomic E-state index is 0.0677. The first-order chi connectivity index (χ1) is 69.8. The lowest BCUT2D eigenvalue weighted by Gasteiger charge is -2.48. The number of fused-ring (bicyclic) bond motifs is 15. The molecule has 8 atom stereocenters. The van der Waals surface area contributed by atoms with E-state index in [1.807, 2.05) is 18.2 Å². The standard InChI is InChI=1S/C30H38N2.C29H36N2.C25H24N2.C24H28N2.C20H22N2/c1-22-13-9-11-19-27(22)31-21-32-28-20-12-10-18-26(28)30(29(32)23(31)2,24-14-5-3-6-15-24)25-16-7-4-8-17-25;1-21-12-6-10-18-26(21)30-20-31-27-19-11-9-17-25(27)29(28(31)22(30)2,24-15-7-8-16-24)23-13-4-3-5-14-23;1-18-11-7-9-15-22(18)26-17-27-23-16-10-8-14-21(23)25(3,24(27)19(26)2)20-12-5-4-6-13-20;1-17-10-6-8-14-21(17)25-16-26-22-15-9-7-13-20(22)23(24(26)18(25)2)19-11-4-3-5-12-19;1-14-9-5-7-11-17(14)21-13-22-18-12-8-6-10-16(18)20(3,4)19(22)15(21)2/h9-13,18-20,24-25H,3-8,14-17,21H2,1-2H3;6,9-12,17-19,23-24H,3-5,7-8,13-16,20H2,1-2H3;4-16H,17H2,1-3H3;6-10,13-15,19,23H,3-5,11-12,16H2,1-2H3;5-12H,13H2,1-4H3/i21D;20D;17D;16D,23D;13D. The molecule has 10 heterocycles. The van der Waals surface area contributed by atoms with Gasteiger partial charge in [-0.05, 0) is 292 Å². The fourth-order valence-corrected chi connectivity index (χ4v) is 28.9. The van der Waals surface area contributed by atoms with Crippen molar-refractivity contribution in [3.63, 3.8) is 0 Å². The summed E-state index contributed by atoms with van der Waals surface area (Å²) in [6.45, 7) is 26.2. The molecule has 0 spiro atoms. The van der Waals surface area contributed by atoms with Gasteiger partial charge in [0.15, 0.2) is 0 Å². The number of nitrogens with zero attached hydrogens (tertiary/aromatic N) is 10. The molecule has 10 heteroatoms. The summed E-state index contributed by atoms with van der Waals surface area (Å²) in [6, 6.07) is 96.6. The van der Waals surface area contributed by atoms with Gasteiger partial charge in [0.2, 0.25) is 0 Å². The zero-order valence-electron chi connectivity index (χ0n) is 90.2. The molecule has 0 amide bonds. The van der Waals surface area contributed by atoms with Gasteiger partial charge >= 0.3 is 0 Å². The number of benzene rings is 11. The molecule has 710 valence electrons. The molecule has 11 aromatic carbocycles. The Morgan fingerprint density at radius 3 is 0.877 bits per heavy atom. The lowest BCUT2D eigenvalue weighted by molar-refractivity contribution is 0.134. The second kappa shape index (κ2) is 37.4. The number of allylic oxidation sites excluding steroid dienone is 10. The van der Waals surface area contributed by atoms with Crippen LogP contribution in [0.25, 0.3) is 0 Å².